The smallest absolute Gasteiger partial charge is 0.192 e. The van der Waals surface area contributed by atoms with Crippen molar-refractivity contribution < 1.29 is 32.8 Å². The van der Waals surface area contributed by atoms with Crippen LogP contribution < -0.4 is 9.47 Å². The van der Waals surface area contributed by atoms with E-state index < -0.39 is 8.32 Å². The average Bonchev–Trinajstić information content (AvgIpc) is 2.98. The second-order valence-electron chi connectivity index (χ2n) is 11.6. The molecular formula is C33H52N2O7Si. The van der Waals surface area contributed by atoms with Crippen LogP contribution in [0.5, 0.6) is 11.5 Å². The number of benzene rings is 2. The summed E-state index contributed by atoms with van der Waals surface area (Å²) in [7, 11) is 1.27. The number of methoxy groups -OCH3 is 2. The van der Waals surface area contributed by atoms with Gasteiger partial charge in [-0.05, 0) is 48.8 Å². The monoisotopic (exact) mass is 616 g/mol. The second-order valence-corrected chi connectivity index (χ2v) is 16.4. The molecule has 0 bridgehead atoms. The van der Waals surface area contributed by atoms with Gasteiger partial charge in [0, 0.05) is 37.8 Å². The molecule has 0 aliphatic rings. The molecule has 0 saturated carbocycles. The molecule has 2 aromatic carbocycles. The Kier molecular flexibility index (Phi) is 16.7. The summed E-state index contributed by atoms with van der Waals surface area (Å²) in [6.45, 7) is 16.1. The van der Waals surface area contributed by atoms with Crippen molar-refractivity contribution in [3.63, 3.8) is 0 Å². The molecule has 0 fully saturated rings. The van der Waals surface area contributed by atoms with Crippen LogP contribution in [0.2, 0.25) is 18.1 Å². The molecule has 0 saturated heterocycles. The third-order valence-corrected chi connectivity index (χ3v) is 11.9. The molecular weight excluding hydrogens is 564 g/mol. The summed E-state index contributed by atoms with van der Waals surface area (Å²) < 4.78 is 39.4. The summed E-state index contributed by atoms with van der Waals surface area (Å²) in [4.78, 5) is 10.0. The van der Waals surface area contributed by atoms with Crippen LogP contribution in [0, 0.1) is 0 Å². The standard InChI is InChI=1S/C33H52N2O7Si/c1-9-29(34-22-27-14-10-12-16-31(27)40-25-38-20-18-36-5)30(24-42-43(7,8)33(2,3)4)35-23-28-15-11-13-17-32(28)41-26-39-21-19-37-6/h10-17,22-23,29-30H,9,18-21,24-26H2,1-8H3/b34-22+,35-23+/t29-,30-/m0/s1. The van der Waals surface area contributed by atoms with Crippen LogP contribution in [0.4, 0.5) is 0 Å². The number of aliphatic imine (C=N–C) groups is 2. The Labute approximate surface area is 259 Å². The third kappa shape index (κ3) is 13.3. The number of ether oxygens (including phenoxy) is 6. The van der Waals surface area contributed by atoms with E-state index in [4.69, 9.17) is 42.8 Å². The van der Waals surface area contributed by atoms with Gasteiger partial charge in [-0.1, -0.05) is 52.0 Å². The van der Waals surface area contributed by atoms with Crippen molar-refractivity contribution in [2.75, 3.05) is 60.8 Å². The number of rotatable bonds is 21. The van der Waals surface area contributed by atoms with Gasteiger partial charge in [-0.3, -0.25) is 9.98 Å². The fourth-order valence-corrected chi connectivity index (χ4v) is 4.66. The lowest BCUT2D eigenvalue weighted by atomic mass is 10.1. The highest BCUT2D eigenvalue weighted by atomic mass is 28.4. The van der Waals surface area contributed by atoms with Crippen molar-refractivity contribution in [2.24, 2.45) is 9.98 Å². The van der Waals surface area contributed by atoms with Gasteiger partial charge in [0.1, 0.15) is 11.5 Å². The van der Waals surface area contributed by atoms with Crippen LogP contribution in [-0.2, 0) is 23.4 Å². The molecule has 2 atom stereocenters. The van der Waals surface area contributed by atoms with E-state index in [0.717, 1.165) is 17.5 Å². The van der Waals surface area contributed by atoms with E-state index in [9.17, 15) is 0 Å². The van der Waals surface area contributed by atoms with Crippen LogP contribution in [0.1, 0.15) is 45.2 Å². The second kappa shape index (κ2) is 19.6. The van der Waals surface area contributed by atoms with E-state index in [2.05, 4.69) is 40.8 Å². The summed E-state index contributed by atoms with van der Waals surface area (Å²) in [5.74, 6) is 1.40. The predicted molar refractivity (Wildman–Crippen MR) is 176 cm³/mol. The lowest BCUT2D eigenvalue weighted by Gasteiger charge is -2.37. The molecule has 0 radical (unpaired) electrons. The Morgan fingerprint density at radius 1 is 0.721 bits per heavy atom. The van der Waals surface area contributed by atoms with E-state index in [1.54, 1.807) is 14.2 Å². The third-order valence-electron chi connectivity index (χ3n) is 7.39. The molecule has 0 amide bonds. The summed E-state index contributed by atoms with van der Waals surface area (Å²) in [6, 6.07) is 15.3. The van der Waals surface area contributed by atoms with Gasteiger partial charge in [-0.15, -0.1) is 0 Å². The minimum atomic E-state index is -2.01. The van der Waals surface area contributed by atoms with Crippen molar-refractivity contribution in [1.82, 2.24) is 0 Å². The van der Waals surface area contributed by atoms with Crippen LogP contribution in [-0.4, -0.2) is 93.7 Å². The maximum Gasteiger partial charge on any atom is 0.192 e. The summed E-state index contributed by atoms with van der Waals surface area (Å²) in [6.07, 6.45) is 4.51. The Morgan fingerprint density at radius 2 is 1.19 bits per heavy atom. The molecule has 0 aliphatic heterocycles. The molecule has 0 unspecified atom stereocenters. The van der Waals surface area contributed by atoms with Gasteiger partial charge < -0.3 is 32.8 Å². The number of hydrogen-bond donors (Lipinski definition) is 0. The molecule has 240 valence electrons. The lowest BCUT2D eigenvalue weighted by molar-refractivity contribution is -0.00862. The average molecular weight is 617 g/mol. The molecule has 0 aromatic heterocycles. The van der Waals surface area contributed by atoms with Gasteiger partial charge in [-0.25, -0.2) is 0 Å². The Bertz CT molecular complexity index is 1100. The molecule has 0 spiro atoms. The van der Waals surface area contributed by atoms with Crippen LogP contribution >= 0.6 is 0 Å². The zero-order chi connectivity index (χ0) is 31.6. The largest absolute Gasteiger partial charge is 0.467 e. The van der Waals surface area contributed by atoms with Gasteiger partial charge in [0.15, 0.2) is 21.9 Å². The first-order valence-corrected chi connectivity index (χ1v) is 17.8. The zero-order valence-electron chi connectivity index (χ0n) is 27.3. The van der Waals surface area contributed by atoms with E-state index in [1.165, 1.54) is 0 Å². The van der Waals surface area contributed by atoms with Gasteiger partial charge in [0.05, 0.1) is 45.1 Å². The Balaban J connectivity index is 2.27. The van der Waals surface area contributed by atoms with E-state index in [1.807, 2.05) is 61.0 Å². The number of nitrogens with zero attached hydrogens (tertiary/aromatic N) is 2. The maximum atomic E-state index is 6.66. The summed E-state index contributed by atoms with van der Waals surface area (Å²) >= 11 is 0. The van der Waals surface area contributed by atoms with E-state index in [-0.39, 0.29) is 30.7 Å². The molecule has 0 N–H and O–H groups in total. The molecule has 2 aromatic rings. The fraction of sp³-hybridized carbons (Fsp3) is 0.576. The first-order chi connectivity index (χ1) is 20.6. The molecule has 9 nitrogen and oxygen atoms in total. The highest BCUT2D eigenvalue weighted by Gasteiger charge is 2.38. The van der Waals surface area contributed by atoms with Gasteiger partial charge in [0.2, 0.25) is 0 Å². The van der Waals surface area contributed by atoms with Gasteiger partial charge in [0.25, 0.3) is 0 Å². The van der Waals surface area contributed by atoms with E-state index >= 15 is 0 Å². The zero-order valence-corrected chi connectivity index (χ0v) is 28.3. The van der Waals surface area contributed by atoms with Crippen molar-refractivity contribution in [3.05, 3.63) is 59.7 Å². The number of hydrogen-bond acceptors (Lipinski definition) is 9. The molecule has 43 heavy (non-hydrogen) atoms. The molecule has 10 heteroatoms. The SMILES string of the molecule is CC[C@H](/N=C/c1ccccc1OCOCCOC)[C@H](CO[Si](C)(C)C(C)(C)C)/N=C/c1ccccc1OCOCCOC. The molecule has 0 heterocycles. The van der Waals surface area contributed by atoms with Gasteiger partial charge in [-0.2, -0.15) is 0 Å². The van der Waals surface area contributed by atoms with Gasteiger partial charge >= 0.3 is 0 Å². The first-order valence-electron chi connectivity index (χ1n) is 14.9. The maximum absolute atomic E-state index is 6.66. The normalized spacial score (nSPS) is 14.0. The van der Waals surface area contributed by atoms with Crippen molar-refractivity contribution in [1.29, 1.82) is 0 Å². The highest BCUT2D eigenvalue weighted by Crippen LogP contribution is 2.37. The van der Waals surface area contributed by atoms with Crippen molar-refractivity contribution in [3.8, 4) is 11.5 Å². The predicted octanol–water partition coefficient (Wildman–Crippen LogP) is 6.39. The molecule has 0 aliphatic carbocycles. The highest BCUT2D eigenvalue weighted by molar-refractivity contribution is 6.74. The lowest BCUT2D eigenvalue weighted by Crippen LogP contribution is -2.43. The van der Waals surface area contributed by atoms with E-state index in [0.29, 0.717) is 44.5 Å². The summed E-state index contributed by atoms with van der Waals surface area (Å²) in [5, 5.41) is 0.0805. The Hall–Kier alpha value is -2.60. The minimum Gasteiger partial charge on any atom is -0.467 e. The first kappa shape index (κ1) is 36.6. The van der Waals surface area contributed by atoms with Crippen LogP contribution in [0.25, 0.3) is 0 Å². The quantitative estimate of drug-likeness (QED) is 0.0695. The fourth-order valence-electron chi connectivity index (χ4n) is 3.64. The van der Waals surface area contributed by atoms with Crippen LogP contribution in [0.3, 0.4) is 0 Å². The Morgan fingerprint density at radius 3 is 1.63 bits per heavy atom. The topological polar surface area (TPSA) is 89.3 Å². The van der Waals surface area contributed by atoms with Crippen molar-refractivity contribution in [2.45, 2.75) is 64.3 Å². The minimum absolute atomic E-state index is 0.0805. The summed E-state index contributed by atoms with van der Waals surface area (Å²) in [5.41, 5.74) is 1.73. The van der Waals surface area contributed by atoms with Crippen LogP contribution in [0.15, 0.2) is 58.5 Å². The number of para-hydroxylation sites is 2. The van der Waals surface area contributed by atoms with Crippen molar-refractivity contribution >= 4 is 20.7 Å². The molecule has 2 rings (SSSR count).